The van der Waals surface area contributed by atoms with Crippen LogP contribution in [-0.2, 0) is 9.53 Å². The number of nitrogens with one attached hydrogen (secondary N) is 1. The van der Waals surface area contributed by atoms with Gasteiger partial charge in [0.1, 0.15) is 0 Å². The van der Waals surface area contributed by atoms with E-state index < -0.39 is 0 Å². The predicted molar refractivity (Wildman–Crippen MR) is 44.4 cm³/mol. The molecule has 0 aromatic carbocycles. The van der Waals surface area contributed by atoms with Gasteiger partial charge in [0, 0.05) is 27.2 Å². The summed E-state index contributed by atoms with van der Waals surface area (Å²) in [6.07, 6.45) is 4.18. The first-order valence-corrected chi connectivity index (χ1v) is 3.98. The smallest absolute Gasteiger partial charge is 0.219 e. The van der Waals surface area contributed by atoms with Crippen LogP contribution in [-0.4, -0.2) is 26.7 Å². The van der Waals surface area contributed by atoms with Gasteiger partial charge in [0.2, 0.25) is 5.91 Å². The molecule has 0 unspecified atom stereocenters. The van der Waals surface area contributed by atoms with Crippen molar-refractivity contribution in [1.82, 2.24) is 5.32 Å². The molecule has 0 atom stereocenters. The van der Waals surface area contributed by atoms with Gasteiger partial charge in [-0.25, -0.2) is 0 Å². The Bertz CT molecular complexity index is 94.3. The van der Waals surface area contributed by atoms with Crippen molar-refractivity contribution in [3.05, 3.63) is 0 Å². The number of carbonyl (C=O) groups excluding carboxylic acids is 1. The van der Waals surface area contributed by atoms with E-state index in [1.54, 1.807) is 14.2 Å². The quantitative estimate of drug-likeness (QED) is 0.571. The lowest BCUT2D eigenvalue weighted by Gasteiger charge is -1.93. The van der Waals surface area contributed by atoms with E-state index in [0.29, 0.717) is 0 Å². The molecular formula is C8H17NO2. The molecule has 0 saturated carbocycles. The van der Waals surface area contributed by atoms with Gasteiger partial charge in [-0.2, -0.15) is 0 Å². The maximum Gasteiger partial charge on any atom is 0.219 e. The number of hydrogen-bond donors (Lipinski definition) is 1. The highest BCUT2D eigenvalue weighted by Gasteiger charge is 2.03. The minimum Gasteiger partial charge on any atom is -0.388 e. The lowest BCUT2D eigenvalue weighted by Crippen LogP contribution is -2.21. The van der Waals surface area contributed by atoms with Crippen molar-refractivity contribution in [2.75, 3.05) is 20.8 Å². The maximum absolute atomic E-state index is 10.6. The van der Waals surface area contributed by atoms with Crippen LogP contribution in [0.3, 0.4) is 0 Å². The minimum absolute atomic E-state index is 0.225. The van der Waals surface area contributed by atoms with Gasteiger partial charge in [-0.3, -0.25) is 4.79 Å². The second-order valence-corrected chi connectivity index (χ2v) is 2.57. The SMILES string of the molecule is COC.O=C1CCCCCN1. The van der Waals surface area contributed by atoms with Gasteiger partial charge in [0.05, 0.1) is 0 Å². The molecule has 1 aliphatic rings. The molecule has 66 valence electrons. The fraction of sp³-hybridized carbons (Fsp3) is 0.875. The Morgan fingerprint density at radius 3 is 2.55 bits per heavy atom. The Hall–Kier alpha value is -0.570. The Morgan fingerprint density at radius 1 is 1.27 bits per heavy atom. The third kappa shape index (κ3) is 7.33. The van der Waals surface area contributed by atoms with E-state index in [1.807, 2.05) is 0 Å². The number of rotatable bonds is 0. The van der Waals surface area contributed by atoms with Gasteiger partial charge in [-0.05, 0) is 12.8 Å². The third-order valence-corrected chi connectivity index (χ3v) is 1.40. The van der Waals surface area contributed by atoms with E-state index in [4.69, 9.17) is 0 Å². The van der Waals surface area contributed by atoms with Crippen LogP contribution in [0.1, 0.15) is 25.7 Å². The van der Waals surface area contributed by atoms with Gasteiger partial charge < -0.3 is 10.1 Å². The number of ether oxygens (including phenoxy) is 1. The molecule has 1 N–H and O–H groups in total. The van der Waals surface area contributed by atoms with Crippen molar-refractivity contribution in [2.45, 2.75) is 25.7 Å². The summed E-state index contributed by atoms with van der Waals surface area (Å²) in [4.78, 5) is 10.6. The van der Waals surface area contributed by atoms with Crippen molar-refractivity contribution in [3.63, 3.8) is 0 Å². The number of methoxy groups -OCH3 is 1. The number of hydrogen-bond acceptors (Lipinski definition) is 2. The summed E-state index contributed by atoms with van der Waals surface area (Å²) >= 11 is 0. The zero-order valence-corrected chi connectivity index (χ0v) is 7.35. The zero-order chi connectivity index (χ0) is 8.53. The largest absolute Gasteiger partial charge is 0.388 e. The molecule has 1 amide bonds. The first-order valence-electron chi connectivity index (χ1n) is 3.98. The highest BCUT2D eigenvalue weighted by atomic mass is 16.4. The van der Waals surface area contributed by atoms with E-state index in [0.717, 1.165) is 25.8 Å². The molecule has 0 bridgehead atoms. The molecule has 11 heavy (non-hydrogen) atoms. The highest BCUT2D eigenvalue weighted by molar-refractivity contribution is 5.75. The first kappa shape index (κ1) is 10.4. The molecule has 0 aliphatic carbocycles. The molecule has 3 heteroatoms. The summed E-state index contributed by atoms with van der Waals surface area (Å²) < 4.78 is 4.25. The summed E-state index contributed by atoms with van der Waals surface area (Å²) in [6.45, 7) is 0.888. The molecule has 3 nitrogen and oxygen atoms in total. The van der Waals surface area contributed by atoms with Crippen LogP contribution in [0.2, 0.25) is 0 Å². The minimum atomic E-state index is 0.225. The summed E-state index contributed by atoms with van der Waals surface area (Å²) in [5, 5.41) is 2.81. The van der Waals surface area contributed by atoms with Crippen LogP contribution in [0.4, 0.5) is 0 Å². The van der Waals surface area contributed by atoms with Crippen molar-refractivity contribution >= 4 is 5.91 Å². The summed E-state index contributed by atoms with van der Waals surface area (Å²) in [5.74, 6) is 0.225. The Labute approximate surface area is 68.1 Å². The molecule has 0 spiro atoms. The van der Waals surface area contributed by atoms with E-state index in [2.05, 4.69) is 10.1 Å². The fourth-order valence-corrected chi connectivity index (χ4v) is 0.904. The van der Waals surface area contributed by atoms with Crippen molar-refractivity contribution in [2.24, 2.45) is 0 Å². The average Bonchev–Trinajstić information content (AvgIpc) is 2.18. The van der Waals surface area contributed by atoms with Gasteiger partial charge in [0.25, 0.3) is 0 Å². The van der Waals surface area contributed by atoms with Crippen LogP contribution >= 0.6 is 0 Å². The second kappa shape index (κ2) is 7.54. The van der Waals surface area contributed by atoms with E-state index in [9.17, 15) is 4.79 Å². The molecule has 1 saturated heterocycles. The van der Waals surface area contributed by atoms with Crippen molar-refractivity contribution in [3.8, 4) is 0 Å². The lowest BCUT2D eigenvalue weighted by atomic mass is 10.2. The van der Waals surface area contributed by atoms with E-state index in [-0.39, 0.29) is 5.91 Å². The maximum atomic E-state index is 10.6. The lowest BCUT2D eigenvalue weighted by molar-refractivity contribution is -0.120. The third-order valence-electron chi connectivity index (χ3n) is 1.40. The summed E-state index contributed by atoms with van der Waals surface area (Å²) in [7, 11) is 3.25. The Balaban J connectivity index is 0.000000292. The Kier molecular flexibility index (Phi) is 7.15. The van der Waals surface area contributed by atoms with E-state index in [1.165, 1.54) is 6.42 Å². The van der Waals surface area contributed by atoms with Crippen LogP contribution < -0.4 is 5.32 Å². The van der Waals surface area contributed by atoms with Crippen LogP contribution in [0, 0.1) is 0 Å². The topological polar surface area (TPSA) is 38.3 Å². The fourth-order valence-electron chi connectivity index (χ4n) is 0.904. The Morgan fingerprint density at radius 2 is 1.91 bits per heavy atom. The molecular weight excluding hydrogens is 142 g/mol. The zero-order valence-electron chi connectivity index (χ0n) is 7.35. The highest BCUT2D eigenvalue weighted by Crippen LogP contribution is 2.02. The molecule has 1 aliphatic heterocycles. The monoisotopic (exact) mass is 159 g/mol. The molecule has 0 aromatic rings. The van der Waals surface area contributed by atoms with Gasteiger partial charge in [-0.15, -0.1) is 0 Å². The van der Waals surface area contributed by atoms with Crippen molar-refractivity contribution < 1.29 is 9.53 Å². The van der Waals surface area contributed by atoms with Gasteiger partial charge in [0.15, 0.2) is 0 Å². The first-order chi connectivity index (χ1) is 5.31. The average molecular weight is 159 g/mol. The molecule has 1 rings (SSSR count). The summed E-state index contributed by atoms with van der Waals surface area (Å²) in [6, 6.07) is 0. The second-order valence-electron chi connectivity index (χ2n) is 2.57. The number of carbonyl (C=O) groups is 1. The normalized spacial score (nSPS) is 17.5. The van der Waals surface area contributed by atoms with Gasteiger partial charge in [-0.1, -0.05) is 6.42 Å². The van der Waals surface area contributed by atoms with E-state index >= 15 is 0 Å². The summed E-state index contributed by atoms with van der Waals surface area (Å²) in [5.41, 5.74) is 0. The molecule has 1 heterocycles. The predicted octanol–water partition coefficient (Wildman–Crippen LogP) is 0.939. The molecule has 0 aromatic heterocycles. The molecule has 0 radical (unpaired) electrons. The number of amides is 1. The van der Waals surface area contributed by atoms with Gasteiger partial charge >= 0.3 is 0 Å². The van der Waals surface area contributed by atoms with Crippen LogP contribution in [0.5, 0.6) is 0 Å². The standard InChI is InChI=1S/C6H11NO.C2H6O/c8-6-4-2-1-3-5-7-6;1-3-2/h1-5H2,(H,7,8);1-2H3. The molecule has 1 fully saturated rings. The van der Waals surface area contributed by atoms with Crippen LogP contribution in [0.25, 0.3) is 0 Å². The van der Waals surface area contributed by atoms with Crippen LogP contribution in [0.15, 0.2) is 0 Å². The van der Waals surface area contributed by atoms with Crippen molar-refractivity contribution in [1.29, 1.82) is 0 Å².